The molecule has 1 aliphatic carbocycles. The molecule has 2 nitrogen and oxygen atoms in total. The summed E-state index contributed by atoms with van der Waals surface area (Å²) in [6.45, 7) is 4.61. The molecule has 1 aromatic rings. The van der Waals surface area contributed by atoms with Crippen molar-refractivity contribution in [3.05, 3.63) is 23.8 Å². The highest BCUT2D eigenvalue weighted by molar-refractivity contribution is 5.64. The summed E-state index contributed by atoms with van der Waals surface area (Å²) in [4.78, 5) is 2.57. The van der Waals surface area contributed by atoms with E-state index >= 15 is 0 Å². The molecule has 2 aliphatic rings. The smallest absolute Gasteiger partial charge is 0.0416 e. The van der Waals surface area contributed by atoms with E-state index in [9.17, 15) is 0 Å². The van der Waals surface area contributed by atoms with E-state index in [1.54, 1.807) is 0 Å². The van der Waals surface area contributed by atoms with E-state index in [1.807, 2.05) is 6.07 Å². The number of anilines is 2. The van der Waals surface area contributed by atoms with Crippen molar-refractivity contribution in [1.29, 1.82) is 0 Å². The zero-order valence-corrected chi connectivity index (χ0v) is 11.4. The van der Waals surface area contributed by atoms with Crippen LogP contribution in [0.1, 0.15) is 37.7 Å². The Labute approximate surface area is 110 Å². The van der Waals surface area contributed by atoms with Crippen molar-refractivity contribution in [3.63, 3.8) is 0 Å². The highest BCUT2D eigenvalue weighted by Crippen LogP contribution is 2.38. The Bertz CT molecular complexity index is 427. The van der Waals surface area contributed by atoms with E-state index in [2.05, 4.69) is 24.0 Å². The van der Waals surface area contributed by atoms with E-state index in [1.165, 1.54) is 56.4 Å². The van der Waals surface area contributed by atoms with Gasteiger partial charge in [0.1, 0.15) is 0 Å². The molecule has 18 heavy (non-hydrogen) atoms. The number of benzene rings is 1. The van der Waals surface area contributed by atoms with E-state index in [0.29, 0.717) is 0 Å². The summed E-state index contributed by atoms with van der Waals surface area (Å²) in [7, 11) is 0. The number of piperidine rings is 1. The van der Waals surface area contributed by atoms with Gasteiger partial charge in [-0.25, -0.2) is 0 Å². The summed E-state index contributed by atoms with van der Waals surface area (Å²) in [5.74, 6) is 1.92. The van der Waals surface area contributed by atoms with Gasteiger partial charge in [0.25, 0.3) is 0 Å². The highest BCUT2D eigenvalue weighted by Gasteiger charge is 2.31. The molecule has 1 heterocycles. The minimum absolute atomic E-state index is 0.924. The first-order chi connectivity index (χ1) is 8.75. The number of nitrogens with two attached hydrogens (primary N) is 1. The van der Waals surface area contributed by atoms with Gasteiger partial charge in [0.15, 0.2) is 0 Å². The second-order valence-electron chi connectivity index (χ2n) is 6.03. The minimum Gasteiger partial charge on any atom is -0.398 e. The third kappa shape index (κ3) is 2.09. The van der Waals surface area contributed by atoms with Gasteiger partial charge in [-0.15, -0.1) is 0 Å². The van der Waals surface area contributed by atoms with Crippen LogP contribution in [0.2, 0.25) is 0 Å². The summed E-state index contributed by atoms with van der Waals surface area (Å²) in [6, 6.07) is 6.33. The van der Waals surface area contributed by atoms with E-state index < -0.39 is 0 Å². The maximum Gasteiger partial charge on any atom is 0.0416 e. The Hall–Kier alpha value is -1.18. The van der Waals surface area contributed by atoms with Crippen molar-refractivity contribution in [3.8, 4) is 0 Å². The lowest BCUT2D eigenvalue weighted by Crippen LogP contribution is -2.42. The number of fused-ring (bicyclic) bond motifs is 1. The quantitative estimate of drug-likeness (QED) is 0.765. The lowest BCUT2D eigenvalue weighted by Gasteiger charge is -2.42. The molecule has 1 aromatic carbocycles. The van der Waals surface area contributed by atoms with Crippen LogP contribution in [0.4, 0.5) is 11.4 Å². The van der Waals surface area contributed by atoms with Gasteiger partial charge in [-0.2, -0.15) is 0 Å². The molecule has 2 fully saturated rings. The van der Waals surface area contributed by atoms with Crippen LogP contribution in [-0.4, -0.2) is 13.1 Å². The predicted molar refractivity (Wildman–Crippen MR) is 77.9 cm³/mol. The van der Waals surface area contributed by atoms with Crippen LogP contribution in [-0.2, 0) is 0 Å². The zero-order valence-electron chi connectivity index (χ0n) is 11.4. The minimum atomic E-state index is 0.924. The van der Waals surface area contributed by atoms with E-state index in [4.69, 9.17) is 5.73 Å². The highest BCUT2D eigenvalue weighted by atomic mass is 15.1. The molecule has 98 valence electrons. The normalized spacial score (nSPS) is 27.9. The van der Waals surface area contributed by atoms with Crippen LogP contribution >= 0.6 is 0 Å². The molecular formula is C16H24N2. The largest absolute Gasteiger partial charge is 0.398 e. The van der Waals surface area contributed by atoms with Crippen LogP contribution in [0.15, 0.2) is 18.2 Å². The molecule has 0 aromatic heterocycles. The Morgan fingerprint density at radius 1 is 1.11 bits per heavy atom. The van der Waals surface area contributed by atoms with Gasteiger partial charge in [0, 0.05) is 24.5 Å². The summed E-state index contributed by atoms with van der Waals surface area (Å²) < 4.78 is 0. The topological polar surface area (TPSA) is 29.3 Å². The lowest BCUT2D eigenvalue weighted by atomic mass is 9.75. The number of nitrogen functional groups attached to an aromatic ring is 1. The van der Waals surface area contributed by atoms with Gasteiger partial charge in [-0.1, -0.05) is 25.3 Å². The predicted octanol–water partition coefficient (Wildman–Crippen LogP) is 3.59. The Kier molecular flexibility index (Phi) is 3.19. The molecule has 3 rings (SSSR count). The summed E-state index contributed by atoms with van der Waals surface area (Å²) in [5, 5.41) is 0. The fourth-order valence-corrected chi connectivity index (χ4v) is 3.80. The van der Waals surface area contributed by atoms with Gasteiger partial charge in [-0.05, 0) is 49.3 Å². The zero-order chi connectivity index (χ0) is 12.5. The monoisotopic (exact) mass is 244 g/mol. The molecule has 2 N–H and O–H groups in total. The first-order valence-corrected chi connectivity index (χ1v) is 7.36. The van der Waals surface area contributed by atoms with Crippen molar-refractivity contribution in [1.82, 2.24) is 0 Å². The maximum absolute atomic E-state index is 6.03. The molecule has 2 atom stereocenters. The van der Waals surface area contributed by atoms with Gasteiger partial charge in [-0.3, -0.25) is 0 Å². The SMILES string of the molecule is Cc1c(N)cccc1N1CCC2CCCCC2C1. The molecule has 1 saturated heterocycles. The second kappa shape index (κ2) is 4.83. The third-order valence-electron chi connectivity index (χ3n) is 4.98. The average molecular weight is 244 g/mol. The fraction of sp³-hybridized carbons (Fsp3) is 0.625. The number of hydrogen-bond acceptors (Lipinski definition) is 2. The van der Waals surface area contributed by atoms with Crippen LogP contribution in [0, 0.1) is 18.8 Å². The van der Waals surface area contributed by atoms with E-state index in [-0.39, 0.29) is 0 Å². The summed E-state index contributed by atoms with van der Waals surface area (Å²) in [5.41, 5.74) is 9.58. The van der Waals surface area contributed by atoms with Gasteiger partial charge in [0.05, 0.1) is 0 Å². The Morgan fingerprint density at radius 3 is 2.72 bits per heavy atom. The Morgan fingerprint density at radius 2 is 1.89 bits per heavy atom. The molecule has 1 saturated carbocycles. The first-order valence-electron chi connectivity index (χ1n) is 7.36. The maximum atomic E-state index is 6.03. The molecule has 0 amide bonds. The van der Waals surface area contributed by atoms with Gasteiger partial charge >= 0.3 is 0 Å². The van der Waals surface area contributed by atoms with Crippen molar-refractivity contribution < 1.29 is 0 Å². The van der Waals surface area contributed by atoms with Crippen molar-refractivity contribution in [2.45, 2.75) is 39.0 Å². The van der Waals surface area contributed by atoms with Crippen molar-refractivity contribution >= 4 is 11.4 Å². The van der Waals surface area contributed by atoms with Crippen LogP contribution in [0.3, 0.4) is 0 Å². The molecule has 0 radical (unpaired) electrons. The Balaban J connectivity index is 1.79. The lowest BCUT2D eigenvalue weighted by molar-refractivity contribution is 0.202. The standard InChI is InChI=1S/C16H24N2/c1-12-15(17)7-4-8-16(12)18-10-9-13-5-2-3-6-14(13)11-18/h4,7-8,13-14H,2-3,5-6,9-11,17H2,1H3. The van der Waals surface area contributed by atoms with Crippen LogP contribution < -0.4 is 10.6 Å². The van der Waals surface area contributed by atoms with Crippen LogP contribution in [0.25, 0.3) is 0 Å². The molecule has 2 unspecified atom stereocenters. The van der Waals surface area contributed by atoms with Crippen molar-refractivity contribution in [2.75, 3.05) is 23.7 Å². The van der Waals surface area contributed by atoms with Crippen LogP contribution in [0.5, 0.6) is 0 Å². The molecule has 0 spiro atoms. The van der Waals surface area contributed by atoms with E-state index in [0.717, 1.165) is 17.5 Å². The molecule has 2 heteroatoms. The number of rotatable bonds is 1. The second-order valence-corrected chi connectivity index (χ2v) is 6.03. The number of hydrogen-bond donors (Lipinski definition) is 1. The fourth-order valence-electron chi connectivity index (χ4n) is 3.80. The van der Waals surface area contributed by atoms with Gasteiger partial charge < -0.3 is 10.6 Å². The number of nitrogens with zero attached hydrogens (tertiary/aromatic N) is 1. The average Bonchev–Trinajstić information content (AvgIpc) is 2.41. The summed E-state index contributed by atoms with van der Waals surface area (Å²) in [6.07, 6.45) is 7.17. The molecular weight excluding hydrogens is 220 g/mol. The molecule has 0 bridgehead atoms. The first kappa shape index (κ1) is 11.9. The van der Waals surface area contributed by atoms with Gasteiger partial charge in [0.2, 0.25) is 0 Å². The third-order valence-corrected chi connectivity index (χ3v) is 4.98. The summed E-state index contributed by atoms with van der Waals surface area (Å²) >= 11 is 0. The molecule has 1 aliphatic heterocycles. The van der Waals surface area contributed by atoms with Crippen molar-refractivity contribution in [2.24, 2.45) is 11.8 Å².